The van der Waals surface area contributed by atoms with Crippen molar-refractivity contribution in [2.45, 2.75) is 82.7 Å². The first-order valence-corrected chi connectivity index (χ1v) is 14.8. The third-order valence-electron chi connectivity index (χ3n) is 7.39. The molecule has 34 heavy (non-hydrogen) atoms. The van der Waals surface area contributed by atoms with Crippen molar-refractivity contribution in [1.82, 2.24) is 14.5 Å². The van der Waals surface area contributed by atoms with Crippen LogP contribution < -0.4 is 4.72 Å². The van der Waals surface area contributed by atoms with E-state index in [1.54, 1.807) is 17.0 Å². The lowest BCUT2D eigenvalue weighted by Crippen LogP contribution is -2.60. The second-order valence-corrected chi connectivity index (χ2v) is 12.5. The van der Waals surface area contributed by atoms with Crippen molar-refractivity contribution in [1.29, 1.82) is 0 Å². The Kier molecular flexibility index (Phi) is 9.57. The number of hydrogen-bond acceptors (Lipinski definition) is 4. The second kappa shape index (κ2) is 12.0. The smallest absolute Gasteiger partial charge is 0.241 e. The van der Waals surface area contributed by atoms with Crippen molar-refractivity contribution in [3.8, 4) is 0 Å². The molecule has 2 fully saturated rings. The molecule has 0 bridgehead atoms. The zero-order valence-electron chi connectivity index (χ0n) is 20.5. The summed E-state index contributed by atoms with van der Waals surface area (Å²) in [6.45, 7) is 7.13. The van der Waals surface area contributed by atoms with Crippen LogP contribution in [0.1, 0.15) is 65.7 Å². The van der Waals surface area contributed by atoms with E-state index < -0.39 is 16.1 Å². The third-order valence-corrected chi connectivity index (χ3v) is 9.37. The molecule has 1 aromatic rings. The van der Waals surface area contributed by atoms with Crippen molar-refractivity contribution in [3.05, 3.63) is 28.7 Å². The summed E-state index contributed by atoms with van der Waals surface area (Å²) in [6, 6.07) is 5.42. The molecule has 1 aromatic carbocycles. The van der Waals surface area contributed by atoms with Crippen molar-refractivity contribution < 1.29 is 18.0 Å². The van der Waals surface area contributed by atoms with E-state index in [9.17, 15) is 18.0 Å². The summed E-state index contributed by atoms with van der Waals surface area (Å²) >= 11 is 3.32. The Bertz CT molecular complexity index is 947. The monoisotopic (exact) mass is 555 g/mol. The van der Waals surface area contributed by atoms with Gasteiger partial charge in [0.15, 0.2) is 0 Å². The fraction of sp³-hybridized carbons (Fsp3) is 0.680. The zero-order valence-corrected chi connectivity index (χ0v) is 22.9. The fourth-order valence-corrected chi connectivity index (χ4v) is 6.55. The van der Waals surface area contributed by atoms with Crippen LogP contribution in [0.5, 0.6) is 0 Å². The van der Waals surface area contributed by atoms with Crippen LogP contribution in [0.3, 0.4) is 0 Å². The van der Waals surface area contributed by atoms with Crippen LogP contribution in [0.15, 0.2) is 33.6 Å². The van der Waals surface area contributed by atoms with Crippen LogP contribution in [0.25, 0.3) is 0 Å². The van der Waals surface area contributed by atoms with Crippen LogP contribution in [-0.2, 0) is 19.6 Å². The molecule has 0 spiro atoms. The number of sulfonamides is 1. The zero-order chi connectivity index (χ0) is 24.9. The minimum absolute atomic E-state index is 0.0885. The Balaban J connectivity index is 1.63. The molecule has 0 radical (unpaired) electrons. The van der Waals surface area contributed by atoms with Gasteiger partial charge in [-0.3, -0.25) is 9.59 Å². The summed E-state index contributed by atoms with van der Waals surface area (Å²) in [5.41, 5.74) is 0. The minimum atomic E-state index is -3.85. The first-order valence-electron chi connectivity index (χ1n) is 12.5. The van der Waals surface area contributed by atoms with Gasteiger partial charge >= 0.3 is 0 Å². The number of halogens is 1. The quantitative estimate of drug-likeness (QED) is 0.495. The maximum Gasteiger partial charge on any atom is 0.241 e. The van der Waals surface area contributed by atoms with Crippen molar-refractivity contribution in [2.24, 2.45) is 11.8 Å². The summed E-state index contributed by atoms with van der Waals surface area (Å²) < 4.78 is 29.4. The van der Waals surface area contributed by atoms with Crippen LogP contribution in [0.4, 0.5) is 0 Å². The Labute approximate surface area is 212 Å². The van der Waals surface area contributed by atoms with E-state index in [1.165, 1.54) is 37.8 Å². The second-order valence-electron chi connectivity index (χ2n) is 9.85. The summed E-state index contributed by atoms with van der Waals surface area (Å²) in [5.74, 6) is 0.456. The predicted octanol–water partition coefficient (Wildman–Crippen LogP) is 4.17. The molecule has 7 nitrogen and oxygen atoms in total. The molecule has 190 valence electrons. The molecule has 1 aliphatic heterocycles. The van der Waals surface area contributed by atoms with Crippen LogP contribution >= 0.6 is 15.9 Å². The lowest BCUT2D eigenvalue weighted by Gasteiger charge is -2.41. The molecule has 3 rings (SSSR count). The molecule has 0 aromatic heterocycles. The normalized spacial score (nSPS) is 21.5. The van der Waals surface area contributed by atoms with Gasteiger partial charge < -0.3 is 9.80 Å². The largest absolute Gasteiger partial charge is 0.337 e. The van der Waals surface area contributed by atoms with Crippen LogP contribution in [-0.4, -0.2) is 61.7 Å². The first kappa shape index (κ1) is 27.1. The van der Waals surface area contributed by atoms with Crippen LogP contribution in [0, 0.1) is 11.8 Å². The topological polar surface area (TPSA) is 86.8 Å². The SMILES string of the molecule is CCC(C)C(NS(=O)(=O)c1ccc(Br)cc1)C(=O)N1CCN(C(=O)CCC2CCCC2)C(C)C1. The number of carbonyl (C=O) groups excluding carboxylic acids is 2. The van der Waals surface area contributed by atoms with E-state index in [0.29, 0.717) is 38.4 Å². The number of nitrogens with one attached hydrogen (secondary N) is 1. The molecule has 1 N–H and O–H groups in total. The average molecular weight is 557 g/mol. The van der Waals surface area contributed by atoms with Gasteiger partial charge in [0.2, 0.25) is 21.8 Å². The number of hydrogen-bond donors (Lipinski definition) is 1. The van der Waals surface area contributed by atoms with Gasteiger partial charge in [-0.25, -0.2) is 8.42 Å². The Morgan fingerprint density at radius 1 is 1.15 bits per heavy atom. The molecule has 1 saturated carbocycles. The lowest BCUT2D eigenvalue weighted by atomic mass is 9.98. The molecule has 1 aliphatic carbocycles. The highest BCUT2D eigenvalue weighted by Gasteiger charge is 2.36. The van der Waals surface area contributed by atoms with Gasteiger partial charge in [0, 0.05) is 36.6 Å². The van der Waals surface area contributed by atoms with Gasteiger partial charge in [0.05, 0.1) is 4.90 Å². The number of benzene rings is 1. The highest BCUT2D eigenvalue weighted by molar-refractivity contribution is 9.10. The van der Waals surface area contributed by atoms with E-state index in [1.807, 2.05) is 25.7 Å². The summed E-state index contributed by atoms with van der Waals surface area (Å²) in [5, 5.41) is 0. The lowest BCUT2D eigenvalue weighted by molar-refractivity contribution is -0.144. The van der Waals surface area contributed by atoms with Crippen molar-refractivity contribution in [2.75, 3.05) is 19.6 Å². The first-order chi connectivity index (χ1) is 16.1. The third kappa shape index (κ3) is 6.82. The Morgan fingerprint density at radius 2 is 1.79 bits per heavy atom. The molecular weight excluding hydrogens is 518 g/mol. The van der Waals surface area contributed by atoms with E-state index in [0.717, 1.165) is 10.9 Å². The number of piperazine rings is 1. The molecule has 9 heteroatoms. The Morgan fingerprint density at radius 3 is 2.38 bits per heavy atom. The van der Waals surface area contributed by atoms with Crippen molar-refractivity contribution in [3.63, 3.8) is 0 Å². The van der Waals surface area contributed by atoms with E-state index in [4.69, 9.17) is 0 Å². The van der Waals surface area contributed by atoms with E-state index in [2.05, 4.69) is 20.7 Å². The number of carbonyl (C=O) groups is 2. The number of nitrogens with zero attached hydrogens (tertiary/aromatic N) is 2. The van der Waals surface area contributed by atoms with Gasteiger partial charge in [-0.05, 0) is 49.4 Å². The fourth-order valence-electron chi connectivity index (χ4n) is 4.99. The maximum absolute atomic E-state index is 13.5. The summed E-state index contributed by atoms with van der Waals surface area (Å²) in [7, 11) is -3.85. The molecular formula is C25H38BrN3O4S. The molecule has 1 saturated heterocycles. The highest BCUT2D eigenvalue weighted by atomic mass is 79.9. The molecule has 2 amide bonds. The predicted molar refractivity (Wildman–Crippen MR) is 137 cm³/mol. The van der Waals surface area contributed by atoms with Crippen molar-refractivity contribution >= 4 is 37.8 Å². The molecule has 2 aliphatic rings. The highest BCUT2D eigenvalue weighted by Crippen LogP contribution is 2.29. The number of rotatable bonds is 9. The molecule has 1 heterocycles. The van der Waals surface area contributed by atoms with Gasteiger partial charge in [0.25, 0.3) is 0 Å². The summed E-state index contributed by atoms with van der Waals surface area (Å²) in [4.78, 5) is 30.0. The van der Waals surface area contributed by atoms with Crippen LogP contribution in [0.2, 0.25) is 0 Å². The standard InChI is InChI=1S/C25H38BrN3O4S/c1-4-18(2)24(27-34(32,33)22-12-10-21(26)11-13-22)25(31)28-15-16-29(19(3)17-28)23(30)14-9-20-7-5-6-8-20/h10-13,18-20,24,27H,4-9,14-17H2,1-3H3. The van der Waals surface area contributed by atoms with Gasteiger partial charge in [-0.2, -0.15) is 4.72 Å². The molecule has 3 atom stereocenters. The maximum atomic E-state index is 13.5. The minimum Gasteiger partial charge on any atom is -0.337 e. The number of amides is 2. The van der Waals surface area contributed by atoms with E-state index in [-0.39, 0.29) is 28.7 Å². The van der Waals surface area contributed by atoms with E-state index >= 15 is 0 Å². The van der Waals surface area contributed by atoms with Gasteiger partial charge in [-0.1, -0.05) is 61.9 Å². The Hall–Kier alpha value is -1.45. The summed E-state index contributed by atoms with van der Waals surface area (Å²) in [6.07, 6.45) is 7.22. The molecule has 3 unspecified atom stereocenters. The average Bonchev–Trinajstić information content (AvgIpc) is 3.34. The van der Waals surface area contributed by atoms with Gasteiger partial charge in [0.1, 0.15) is 6.04 Å². The van der Waals surface area contributed by atoms with Gasteiger partial charge in [-0.15, -0.1) is 0 Å².